The van der Waals surface area contributed by atoms with E-state index in [1.807, 2.05) is 48.5 Å². The number of aromatic nitrogens is 1. The summed E-state index contributed by atoms with van der Waals surface area (Å²) in [4.78, 5) is 18.1. The van der Waals surface area contributed by atoms with Crippen molar-refractivity contribution in [1.29, 1.82) is 0 Å². The highest BCUT2D eigenvalue weighted by Gasteiger charge is 2.16. The Labute approximate surface area is 203 Å². The highest BCUT2D eigenvalue weighted by Crippen LogP contribution is 2.29. The van der Waals surface area contributed by atoms with Crippen LogP contribution in [0.1, 0.15) is 42.3 Å². The number of methoxy groups -OCH3 is 1. The molecule has 1 amide bonds. The molecular formula is C28H27BrN2O2. The minimum atomic E-state index is -0.135. The number of nitrogens with one attached hydrogen (secondary N) is 1. The summed E-state index contributed by atoms with van der Waals surface area (Å²) < 4.78 is 6.11. The molecule has 168 valence electrons. The van der Waals surface area contributed by atoms with Gasteiger partial charge in [0.15, 0.2) is 0 Å². The summed E-state index contributed by atoms with van der Waals surface area (Å²) in [7, 11) is 1.64. The summed E-state index contributed by atoms with van der Waals surface area (Å²) in [6.07, 6.45) is 0. The minimum Gasteiger partial charge on any atom is -0.497 e. The molecule has 4 aromatic rings. The first-order chi connectivity index (χ1) is 15.7. The van der Waals surface area contributed by atoms with E-state index in [4.69, 9.17) is 9.72 Å². The van der Waals surface area contributed by atoms with Crippen molar-refractivity contribution in [2.75, 3.05) is 7.11 Å². The number of hydrogen-bond donors (Lipinski definition) is 1. The molecule has 0 fully saturated rings. The molecule has 0 aliphatic rings. The van der Waals surface area contributed by atoms with E-state index in [2.05, 4.69) is 66.3 Å². The van der Waals surface area contributed by atoms with Gasteiger partial charge in [-0.2, -0.15) is 0 Å². The fraction of sp³-hybridized carbons (Fsp3) is 0.214. The van der Waals surface area contributed by atoms with Crippen LogP contribution in [0.4, 0.5) is 0 Å². The van der Waals surface area contributed by atoms with Crippen LogP contribution in [-0.4, -0.2) is 18.0 Å². The van der Waals surface area contributed by atoms with E-state index < -0.39 is 0 Å². The van der Waals surface area contributed by atoms with Gasteiger partial charge >= 0.3 is 0 Å². The molecule has 3 aromatic carbocycles. The van der Waals surface area contributed by atoms with Gasteiger partial charge in [0.2, 0.25) is 0 Å². The molecule has 4 rings (SSSR count). The number of carbonyl (C=O) groups excluding carboxylic acids is 1. The van der Waals surface area contributed by atoms with Crippen LogP contribution in [0, 0.1) is 0 Å². The second-order valence-corrected chi connectivity index (χ2v) is 9.99. The van der Waals surface area contributed by atoms with Crippen LogP contribution >= 0.6 is 15.9 Å². The quantitative estimate of drug-likeness (QED) is 0.322. The van der Waals surface area contributed by atoms with E-state index in [0.29, 0.717) is 12.1 Å². The fourth-order valence-corrected chi connectivity index (χ4v) is 4.06. The van der Waals surface area contributed by atoms with Crippen LogP contribution in [0.25, 0.3) is 22.2 Å². The summed E-state index contributed by atoms with van der Waals surface area (Å²) in [5.41, 5.74) is 5.48. The molecule has 0 bridgehead atoms. The Morgan fingerprint density at radius 3 is 2.30 bits per heavy atom. The van der Waals surface area contributed by atoms with E-state index in [-0.39, 0.29) is 11.3 Å². The standard InChI is InChI=1S/C28H27BrN2O2/c1-28(2,3)20-9-7-19(8-10-20)26-16-24(23-15-21(29)11-14-25(23)31-26)27(32)30-17-18-5-12-22(33-4)13-6-18/h5-16H,17H2,1-4H3,(H,30,32). The number of nitrogens with zero attached hydrogens (tertiary/aromatic N) is 1. The molecule has 0 atom stereocenters. The molecule has 4 nitrogen and oxygen atoms in total. The van der Waals surface area contributed by atoms with Crippen molar-refractivity contribution in [3.8, 4) is 17.0 Å². The zero-order valence-corrected chi connectivity index (χ0v) is 20.9. The van der Waals surface area contributed by atoms with Crippen LogP contribution in [0.3, 0.4) is 0 Å². The lowest BCUT2D eigenvalue weighted by molar-refractivity contribution is 0.0952. The third-order valence-electron chi connectivity index (χ3n) is 5.67. The zero-order chi connectivity index (χ0) is 23.6. The van der Waals surface area contributed by atoms with Gasteiger partial charge in [-0.15, -0.1) is 0 Å². The average Bonchev–Trinajstić information content (AvgIpc) is 2.81. The van der Waals surface area contributed by atoms with Crippen molar-refractivity contribution in [1.82, 2.24) is 10.3 Å². The van der Waals surface area contributed by atoms with Crippen LogP contribution in [0.5, 0.6) is 5.75 Å². The maximum Gasteiger partial charge on any atom is 0.252 e. The molecule has 0 aliphatic carbocycles. The number of halogens is 1. The van der Waals surface area contributed by atoms with Crippen molar-refractivity contribution >= 4 is 32.7 Å². The smallest absolute Gasteiger partial charge is 0.252 e. The van der Waals surface area contributed by atoms with Gasteiger partial charge in [0.25, 0.3) is 5.91 Å². The third kappa shape index (κ3) is 5.25. The van der Waals surface area contributed by atoms with E-state index in [1.54, 1.807) is 7.11 Å². The number of carbonyl (C=O) groups is 1. The van der Waals surface area contributed by atoms with Gasteiger partial charge < -0.3 is 10.1 Å². The van der Waals surface area contributed by atoms with Gasteiger partial charge in [0.05, 0.1) is 23.9 Å². The van der Waals surface area contributed by atoms with Gasteiger partial charge in [0, 0.05) is 22.0 Å². The Bertz CT molecular complexity index is 1290. The average molecular weight is 503 g/mol. The van der Waals surface area contributed by atoms with Crippen molar-refractivity contribution in [3.05, 3.63) is 94.0 Å². The molecule has 33 heavy (non-hydrogen) atoms. The Morgan fingerprint density at radius 1 is 0.970 bits per heavy atom. The summed E-state index contributed by atoms with van der Waals surface area (Å²) in [5, 5.41) is 3.86. The van der Waals surface area contributed by atoms with Gasteiger partial charge in [-0.25, -0.2) is 4.98 Å². The van der Waals surface area contributed by atoms with E-state index >= 15 is 0 Å². The van der Waals surface area contributed by atoms with E-state index in [1.165, 1.54) is 5.56 Å². The molecule has 0 spiro atoms. The van der Waals surface area contributed by atoms with Crippen molar-refractivity contribution < 1.29 is 9.53 Å². The first-order valence-electron chi connectivity index (χ1n) is 10.9. The second-order valence-electron chi connectivity index (χ2n) is 9.07. The van der Waals surface area contributed by atoms with Gasteiger partial charge in [0.1, 0.15) is 5.75 Å². The number of amides is 1. The summed E-state index contributed by atoms with van der Waals surface area (Å²) in [6.45, 7) is 7.01. The number of rotatable bonds is 5. The van der Waals surface area contributed by atoms with Crippen molar-refractivity contribution in [2.45, 2.75) is 32.7 Å². The topological polar surface area (TPSA) is 51.2 Å². The van der Waals surface area contributed by atoms with Crippen molar-refractivity contribution in [3.63, 3.8) is 0 Å². The molecule has 0 saturated heterocycles. The zero-order valence-electron chi connectivity index (χ0n) is 19.3. The molecule has 0 radical (unpaired) electrons. The largest absolute Gasteiger partial charge is 0.497 e. The lowest BCUT2D eigenvalue weighted by Gasteiger charge is -2.19. The molecule has 1 aromatic heterocycles. The maximum atomic E-state index is 13.3. The molecule has 0 aliphatic heterocycles. The lowest BCUT2D eigenvalue weighted by Crippen LogP contribution is -2.23. The number of ether oxygens (including phenoxy) is 1. The van der Waals surface area contributed by atoms with Crippen LogP contribution in [0.2, 0.25) is 0 Å². The molecule has 0 unspecified atom stereocenters. The SMILES string of the molecule is COc1ccc(CNC(=O)c2cc(-c3ccc(C(C)(C)C)cc3)nc3ccc(Br)cc23)cc1. The third-order valence-corrected chi connectivity index (χ3v) is 6.17. The number of benzene rings is 3. The first kappa shape index (κ1) is 23.0. The predicted octanol–water partition coefficient (Wildman–Crippen LogP) is 6.90. The van der Waals surface area contributed by atoms with Crippen LogP contribution in [-0.2, 0) is 12.0 Å². The molecule has 5 heteroatoms. The predicted molar refractivity (Wildman–Crippen MR) is 138 cm³/mol. The minimum absolute atomic E-state index is 0.0775. The Balaban J connectivity index is 1.68. The Morgan fingerprint density at radius 2 is 1.67 bits per heavy atom. The Kier molecular flexibility index (Phi) is 6.52. The van der Waals surface area contributed by atoms with Gasteiger partial charge in [-0.05, 0) is 52.9 Å². The number of pyridine rings is 1. The highest BCUT2D eigenvalue weighted by molar-refractivity contribution is 9.10. The molecule has 1 heterocycles. The molecular weight excluding hydrogens is 476 g/mol. The maximum absolute atomic E-state index is 13.3. The van der Waals surface area contributed by atoms with Gasteiger partial charge in [-0.1, -0.05) is 73.1 Å². The van der Waals surface area contributed by atoms with E-state index in [0.717, 1.165) is 37.9 Å². The van der Waals surface area contributed by atoms with Crippen molar-refractivity contribution in [2.24, 2.45) is 0 Å². The summed E-state index contributed by atoms with van der Waals surface area (Å²) >= 11 is 3.52. The van der Waals surface area contributed by atoms with Gasteiger partial charge in [-0.3, -0.25) is 4.79 Å². The van der Waals surface area contributed by atoms with Crippen LogP contribution < -0.4 is 10.1 Å². The molecule has 1 N–H and O–H groups in total. The normalized spacial score (nSPS) is 11.4. The molecule has 0 saturated carbocycles. The number of hydrogen-bond acceptors (Lipinski definition) is 3. The highest BCUT2D eigenvalue weighted by atomic mass is 79.9. The first-order valence-corrected chi connectivity index (χ1v) is 11.7. The number of fused-ring (bicyclic) bond motifs is 1. The lowest BCUT2D eigenvalue weighted by atomic mass is 9.86. The fourth-order valence-electron chi connectivity index (χ4n) is 3.70. The van der Waals surface area contributed by atoms with E-state index in [9.17, 15) is 4.79 Å². The Hall–Kier alpha value is -3.18. The monoisotopic (exact) mass is 502 g/mol. The van der Waals surface area contributed by atoms with Crippen LogP contribution in [0.15, 0.2) is 77.3 Å². The summed E-state index contributed by atoms with van der Waals surface area (Å²) in [5.74, 6) is 0.654. The summed E-state index contributed by atoms with van der Waals surface area (Å²) in [6, 6.07) is 23.8. The second kappa shape index (κ2) is 9.36.